The number of ether oxygens (including phenoxy) is 7. The average Bonchev–Trinajstić information content (AvgIpc) is 3.58. The molecule has 1 aliphatic heterocycles. The zero-order chi connectivity index (χ0) is 44.4. The topological polar surface area (TPSA) is 187 Å². The molecule has 0 aromatic heterocycles. The number of hydrogen-bond donors (Lipinski definition) is 1. The third-order valence-electron chi connectivity index (χ3n) is 10.2. The van der Waals surface area contributed by atoms with Crippen LogP contribution in [0.1, 0.15) is 142 Å². The maximum Gasteiger partial charge on any atom is 0.342 e. The Labute approximate surface area is 353 Å². The van der Waals surface area contributed by atoms with Crippen molar-refractivity contribution in [3.8, 4) is 17.2 Å². The van der Waals surface area contributed by atoms with Crippen molar-refractivity contribution in [2.24, 2.45) is 5.92 Å². The van der Waals surface area contributed by atoms with E-state index in [2.05, 4.69) is 0 Å². The molecule has 3 rings (SSSR count). The fraction of sp³-hybridized carbons (Fsp3) is 0.565. The van der Waals surface area contributed by atoms with Gasteiger partial charge in [-0.2, -0.15) is 0 Å². The van der Waals surface area contributed by atoms with Crippen LogP contribution in [0.5, 0.6) is 17.2 Å². The number of rotatable bonds is 25. The Bertz CT molecular complexity index is 1840. The molecule has 0 radical (unpaired) electrons. The summed E-state index contributed by atoms with van der Waals surface area (Å²) in [5, 5.41) is 10.8. The molecule has 2 aromatic rings. The summed E-state index contributed by atoms with van der Waals surface area (Å²) in [7, 11) is 1.52. The van der Waals surface area contributed by atoms with E-state index < -0.39 is 30.0 Å². The Balaban J connectivity index is 1.31. The van der Waals surface area contributed by atoms with Crippen molar-refractivity contribution in [1.29, 1.82) is 0 Å². The Kier molecular flexibility index (Phi) is 20.1. The first-order valence-electron chi connectivity index (χ1n) is 20.7. The summed E-state index contributed by atoms with van der Waals surface area (Å²) >= 11 is 0. The molecule has 0 spiro atoms. The van der Waals surface area contributed by atoms with Crippen LogP contribution < -0.4 is 9.47 Å². The third-order valence-corrected chi connectivity index (χ3v) is 10.2. The van der Waals surface area contributed by atoms with E-state index in [1.807, 2.05) is 52.8 Å². The van der Waals surface area contributed by atoms with Crippen molar-refractivity contribution in [2.45, 2.75) is 145 Å². The van der Waals surface area contributed by atoms with E-state index in [9.17, 15) is 33.9 Å². The summed E-state index contributed by atoms with van der Waals surface area (Å²) in [4.78, 5) is 72.1. The van der Waals surface area contributed by atoms with Crippen LogP contribution in [0.3, 0.4) is 0 Å². The van der Waals surface area contributed by atoms with E-state index in [0.29, 0.717) is 48.3 Å². The number of phenolic OH excluding ortho intramolecular Hbond substituents is 1. The highest BCUT2D eigenvalue weighted by Gasteiger charge is 2.32. The number of fused-ring (bicyclic) bond motifs is 1. The lowest BCUT2D eigenvalue weighted by atomic mass is 9.94. The molecule has 60 heavy (non-hydrogen) atoms. The summed E-state index contributed by atoms with van der Waals surface area (Å²) in [5.74, 6) is -1.70. The molecule has 1 aliphatic rings. The fourth-order valence-corrected chi connectivity index (χ4v) is 7.02. The molecule has 0 aliphatic carbocycles. The quantitative estimate of drug-likeness (QED) is 0.0332. The number of phenols is 1. The summed E-state index contributed by atoms with van der Waals surface area (Å²) in [6.45, 7) is 11.7. The molecule has 0 amide bonds. The van der Waals surface area contributed by atoms with Gasteiger partial charge in [-0.05, 0) is 87.3 Å². The molecule has 1 atom stereocenters. The maximum absolute atomic E-state index is 12.7. The van der Waals surface area contributed by atoms with E-state index in [-0.39, 0.29) is 68.4 Å². The number of methoxy groups -OCH3 is 1. The van der Waals surface area contributed by atoms with Gasteiger partial charge < -0.3 is 38.3 Å². The van der Waals surface area contributed by atoms with Crippen molar-refractivity contribution >= 4 is 35.8 Å². The minimum atomic E-state index is -0.848. The van der Waals surface area contributed by atoms with Crippen LogP contribution in [0.2, 0.25) is 0 Å². The highest BCUT2D eigenvalue weighted by Crippen LogP contribution is 2.42. The lowest BCUT2D eigenvalue weighted by Crippen LogP contribution is -2.30. The fourth-order valence-electron chi connectivity index (χ4n) is 7.02. The predicted octanol–water partition coefficient (Wildman–Crippen LogP) is 8.10. The molecule has 1 unspecified atom stereocenters. The van der Waals surface area contributed by atoms with Gasteiger partial charge in [0.05, 0.1) is 7.11 Å². The number of aryl methyl sites for hydroxylation is 2. The number of benzene rings is 2. The molecular weight excluding hydrogens is 776 g/mol. The average molecular weight is 839 g/mol. The molecule has 0 bridgehead atoms. The van der Waals surface area contributed by atoms with Gasteiger partial charge in [-0.1, -0.05) is 57.1 Å². The van der Waals surface area contributed by atoms with Gasteiger partial charge in [0.15, 0.2) is 6.10 Å². The van der Waals surface area contributed by atoms with Crippen LogP contribution >= 0.6 is 0 Å². The number of cyclic esters (lactones) is 1. The van der Waals surface area contributed by atoms with Crippen molar-refractivity contribution in [1.82, 2.24) is 0 Å². The van der Waals surface area contributed by atoms with E-state index in [1.165, 1.54) is 21.0 Å². The third kappa shape index (κ3) is 16.0. The first-order chi connectivity index (χ1) is 28.5. The van der Waals surface area contributed by atoms with Gasteiger partial charge in [0.1, 0.15) is 49.2 Å². The Morgan fingerprint density at radius 2 is 1.42 bits per heavy atom. The van der Waals surface area contributed by atoms with Gasteiger partial charge in [0.2, 0.25) is 0 Å². The van der Waals surface area contributed by atoms with Gasteiger partial charge >= 0.3 is 35.8 Å². The Hall–Kier alpha value is -5.40. The zero-order valence-electron chi connectivity index (χ0n) is 36.5. The SMILES string of the molecule is COc1c(C)c2c(c(O)c1C/C=C(\C)CCC(=O)OCc1cc(C)c(OC(=O)CCCCCCCCC(C)CC(=O)OC(COC(C)=O)COC(C)=O)c(C)c1)C(=O)OC2. The second-order valence-corrected chi connectivity index (χ2v) is 15.5. The van der Waals surface area contributed by atoms with Crippen LogP contribution in [0.15, 0.2) is 23.8 Å². The minimum absolute atomic E-state index is 0.0803. The number of unbranched alkanes of at least 4 members (excludes halogenated alkanes) is 5. The lowest BCUT2D eigenvalue weighted by molar-refractivity contribution is -0.166. The first kappa shape index (κ1) is 49.0. The van der Waals surface area contributed by atoms with E-state index in [1.54, 1.807) is 0 Å². The zero-order valence-corrected chi connectivity index (χ0v) is 36.5. The van der Waals surface area contributed by atoms with Gasteiger partial charge in [-0.3, -0.25) is 24.0 Å². The highest BCUT2D eigenvalue weighted by molar-refractivity contribution is 5.98. The monoisotopic (exact) mass is 838 g/mol. The van der Waals surface area contributed by atoms with E-state index >= 15 is 0 Å². The summed E-state index contributed by atoms with van der Waals surface area (Å²) < 4.78 is 37.1. The van der Waals surface area contributed by atoms with Crippen molar-refractivity contribution < 1.29 is 67.0 Å². The molecule has 14 heteroatoms. The number of esters is 6. The maximum atomic E-state index is 12.7. The van der Waals surface area contributed by atoms with Gasteiger partial charge in [0, 0.05) is 44.2 Å². The largest absolute Gasteiger partial charge is 0.507 e. The molecule has 1 N–H and O–H groups in total. The van der Waals surface area contributed by atoms with Crippen molar-refractivity contribution in [3.05, 3.63) is 62.7 Å². The number of carbonyl (C=O) groups is 6. The molecule has 1 heterocycles. The molecule has 0 fully saturated rings. The summed E-state index contributed by atoms with van der Waals surface area (Å²) in [6, 6.07) is 3.70. The summed E-state index contributed by atoms with van der Waals surface area (Å²) in [5.41, 5.74) is 5.30. The predicted molar refractivity (Wildman–Crippen MR) is 220 cm³/mol. The normalized spacial score (nSPS) is 12.7. The number of carbonyl (C=O) groups excluding carboxylic acids is 6. The van der Waals surface area contributed by atoms with E-state index in [0.717, 1.165) is 66.4 Å². The molecule has 14 nitrogen and oxygen atoms in total. The number of allylic oxidation sites excluding steroid dienone is 2. The number of aromatic hydroxyl groups is 1. The second kappa shape index (κ2) is 24.6. The van der Waals surface area contributed by atoms with Gasteiger partial charge in [0.25, 0.3) is 0 Å². The molecule has 2 aromatic carbocycles. The van der Waals surface area contributed by atoms with Crippen LogP contribution in [-0.4, -0.2) is 67.3 Å². The lowest BCUT2D eigenvalue weighted by Gasteiger charge is -2.18. The molecule has 0 saturated carbocycles. The molecular formula is C46H62O14. The molecule has 0 saturated heterocycles. The van der Waals surface area contributed by atoms with Gasteiger partial charge in [-0.25, -0.2) is 4.79 Å². The van der Waals surface area contributed by atoms with Crippen LogP contribution in [-0.2, 0) is 67.3 Å². The smallest absolute Gasteiger partial charge is 0.342 e. The second-order valence-electron chi connectivity index (χ2n) is 15.5. The van der Waals surface area contributed by atoms with Crippen molar-refractivity contribution in [2.75, 3.05) is 20.3 Å². The van der Waals surface area contributed by atoms with Crippen molar-refractivity contribution in [3.63, 3.8) is 0 Å². The highest BCUT2D eigenvalue weighted by atomic mass is 16.6. The van der Waals surface area contributed by atoms with E-state index in [4.69, 9.17) is 33.2 Å². The standard InChI is InChI=1S/C46H62O14/c1-28(17-19-37-43(52)42-38(27-58-46(42)53)32(5)45(37)54-8)18-20-39(49)57-24-35-22-30(3)44(31(4)23-35)60-40(50)16-14-12-10-9-11-13-15-29(2)21-41(51)59-36(25-55-33(6)47)26-56-34(7)48/h17,22-23,29,36,52H,9-16,18-21,24-27H2,1-8H3/b28-17+. The summed E-state index contributed by atoms with van der Waals surface area (Å²) in [6.07, 6.45) is 8.88. The Morgan fingerprint density at radius 3 is 2.03 bits per heavy atom. The molecule has 330 valence electrons. The Morgan fingerprint density at radius 1 is 0.800 bits per heavy atom. The van der Waals surface area contributed by atoms with Crippen LogP contribution in [0.25, 0.3) is 0 Å². The van der Waals surface area contributed by atoms with Gasteiger partial charge in [-0.15, -0.1) is 0 Å². The number of hydrogen-bond acceptors (Lipinski definition) is 14. The van der Waals surface area contributed by atoms with Crippen LogP contribution in [0, 0.1) is 26.7 Å². The van der Waals surface area contributed by atoms with Crippen LogP contribution in [0.4, 0.5) is 0 Å². The minimum Gasteiger partial charge on any atom is -0.507 e. The first-order valence-corrected chi connectivity index (χ1v) is 20.7.